The Morgan fingerprint density at radius 1 is 0.407 bits per heavy atom. The van der Waals surface area contributed by atoms with Gasteiger partial charge in [0.1, 0.15) is 18.8 Å². The van der Waals surface area contributed by atoms with Crippen molar-refractivity contribution in [3.8, 4) is 0 Å². The highest BCUT2D eigenvalue weighted by Crippen LogP contribution is 2.27. The van der Waals surface area contributed by atoms with Gasteiger partial charge in [0.2, 0.25) is 0 Å². The molecule has 0 aliphatic carbocycles. The number of hydrogen-bond donors (Lipinski definition) is 3. The molecule has 1 aliphatic heterocycles. The molecule has 1 saturated heterocycles. The summed E-state index contributed by atoms with van der Waals surface area (Å²) in [5.74, 6) is -3.12. The minimum absolute atomic E-state index is 0.0516. The monoisotopic (exact) mass is 1140 g/mol. The molecule has 6 atom stereocenters. The Morgan fingerprint density at radius 2 is 0.741 bits per heavy atom. The van der Waals surface area contributed by atoms with Gasteiger partial charge in [-0.3, -0.25) is 14.4 Å². The SMILES string of the molecule is CCCCC/C=C\C/C=C\C/C=C\CCCCCCCCC(=O)OCC(COC1OC(C(=O)O)C(O)C(O)C1OC(=O)CCCCCCC/C=C\CCCCCCCC)OC(=O)CCCCCCCCCCCCCCCCCCC. The maximum Gasteiger partial charge on any atom is 0.335 e. The number of aliphatic hydroxyl groups is 2. The zero-order valence-corrected chi connectivity index (χ0v) is 52.0. The minimum Gasteiger partial charge on any atom is -0.479 e. The highest BCUT2D eigenvalue weighted by molar-refractivity contribution is 5.74. The Labute approximate surface area is 494 Å². The molecule has 0 saturated carbocycles. The molecule has 1 heterocycles. The quantitative estimate of drug-likeness (QED) is 0.0228. The molecule has 1 fully saturated rings. The van der Waals surface area contributed by atoms with Crippen LogP contribution in [0.4, 0.5) is 0 Å². The second-order valence-electron chi connectivity index (χ2n) is 23.1. The average molecular weight is 1140 g/mol. The standard InChI is InChI=1S/C69H122O12/c1-4-7-10-13-16-19-22-25-28-30-31-33-35-37-40-43-46-49-52-55-61(70)77-58-60(79-62(71)56-53-50-47-44-41-39-36-32-29-26-23-20-17-14-11-8-5-2)59-78-69-67(65(74)64(73)66(81-69)68(75)76)80-63(72)57-54-51-48-45-42-38-34-27-24-21-18-15-12-9-6-3/h16,19,25,27-28,31,33-34,60,64-67,69,73-74H,4-15,17-18,20-24,26,29-30,32,35-59H2,1-3H3,(H,75,76)/b19-16-,28-25-,33-31-,34-27-. The second-order valence-corrected chi connectivity index (χ2v) is 23.1. The third kappa shape index (κ3) is 46.7. The molecule has 1 rings (SSSR count). The smallest absolute Gasteiger partial charge is 0.335 e. The van der Waals surface area contributed by atoms with Gasteiger partial charge in [0.05, 0.1) is 6.61 Å². The van der Waals surface area contributed by atoms with E-state index in [2.05, 4.69) is 69.4 Å². The molecule has 0 amide bonds. The van der Waals surface area contributed by atoms with Crippen molar-refractivity contribution in [2.45, 2.75) is 353 Å². The summed E-state index contributed by atoms with van der Waals surface area (Å²) in [6, 6.07) is 0. The highest BCUT2D eigenvalue weighted by atomic mass is 16.7. The van der Waals surface area contributed by atoms with E-state index < -0.39 is 67.3 Å². The summed E-state index contributed by atoms with van der Waals surface area (Å²) < 4.78 is 28.6. The molecule has 3 N–H and O–H groups in total. The van der Waals surface area contributed by atoms with Crippen LogP contribution in [0.5, 0.6) is 0 Å². The lowest BCUT2D eigenvalue weighted by Crippen LogP contribution is -2.61. The molecule has 81 heavy (non-hydrogen) atoms. The summed E-state index contributed by atoms with van der Waals surface area (Å²) in [6.45, 7) is 6.00. The van der Waals surface area contributed by atoms with Crippen LogP contribution in [0, 0.1) is 0 Å². The van der Waals surface area contributed by atoms with Crippen molar-refractivity contribution in [1.82, 2.24) is 0 Å². The van der Waals surface area contributed by atoms with Crippen molar-refractivity contribution >= 4 is 23.9 Å². The number of carbonyl (C=O) groups excluding carboxylic acids is 3. The number of aliphatic carboxylic acids is 1. The van der Waals surface area contributed by atoms with Crippen molar-refractivity contribution < 1.29 is 58.2 Å². The van der Waals surface area contributed by atoms with Crippen molar-refractivity contribution in [3.63, 3.8) is 0 Å². The zero-order chi connectivity index (χ0) is 58.9. The van der Waals surface area contributed by atoms with Crippen LogP contribution in [-0.2, 0) is 42.9 Å². The average Bonchev–Trinajstić information content (AvgIpc) is 3.53. The first kappa shape index (κ1) is 75.7. The largest absolute Gasteiger partial charge is 0.479 e. The molecule has 12 nitrogen and oxygen atoms in total. The van der Waals surface area contributed by atoms with E-state index in [-0.39, 0.29) is 25.9 Å². The fourth-order valence-electron chi connectivity index (χ4n) is 10.2. The van der Waals surface area contributed by atoms with Gasteiger partial charge >= 0.3 is 23.9 Å². The molecular formula is C69H122O12. The maximum atomic E-state index is 13.2. The van der Waals surface area contributed by atoms with Gasteiger partial charge in [0.15, 0.2) is 24.6 Å². The Hall–Kier alpha value is -3.32. The number of carboxylic acids is 1. The number of ether oxygens (including phenoxy) is 5. The second kappa shape index (κ2) is 57.1. The molecule has 0 radical (unpaired) electrons. The summed E-state index contributed by atoms with van der Waals surface area (Å²) in [5.41, 5.74) is 0. The van der Waals surface area contributed by atoms with Crippen LogP contribution in [0.3, 0.4) is 0 Å². The molecule has 12 heteroatoms. The van der Waals surface area contributed by atoms with Gasteiger partial charge in [-0.1, -0.05) is 262 Å². The minimum atomic E-state index is -1.91. The molecule has 0 aromatic heterocycles. The molecule has 0 aromatic carbocycles. The summed E-state index contributed by atoms with van der Waals surface area (Å²) in [7, 11) is 0. The van der Waals surface area contributed by atoms with Crippen LogP contribution in [0.25, 0.3) is 0 Å². The van der Waals surface area contributed by atoms with Gasteiger partial charge in [-0.05, 0) is 83.5 Å². The number of hydrogen-bond acceptors (Lipinski definition) is 11. The van der Waals surface area contributed by atoms with E-state index in [1.165, 1.54) is 148 Å². The number of allylic oxidation sites excluding steroid dienone is 8. The van der Waals surface area contributed by atoms with E-state index in [4.69, 9.17) is 23.7 Å². The van der Waals surface area contributed by atoms with Crippen LogP contribution >= 0.6 is 0 Å². The summed E-state index contributed by atoms with van der Waals surface area (Å²) in [6.07, 6.45) is 57.8. The molecule has 470 valence electrons. The number of carboxylic acid groups (broad SMARTS) is 1. The number of esters is 3. The molecule has 0 bridgehead atoms. The fraction of sp³-hybridized carbons (Fsp3) is 0.826. The van der Waals surface area contributed by atoms with Gasteiger partial charge < -0.3 is 39.0 Å². The van der Waals surface area contributed by atoms with Gasteiger partial charge in [0, 0.05) is 19.3 Å². The summed E-state index contributed by atoms with van der Waals surface area (Å²) in [4.78, 5) is 51.4. The molecule has 1 aliphatic rings. The van der Waals surface area contributed by atoms with E-state index in [1.807, 2.05) is 0 Å². The van der Waals surface area contributed by atoms with Crippen LogP contribution in [0.1, 0.15) is 316 Å². The predicted octanol–water partition coefficient (Wildman–Crippen LogP) is 18.1. The third-order valence-corrected chi connectivity index (χ3v) is 15.4. The Morgan fingerprint density at radius 3 is 1.16 bits per heavy atom. The van der Waals surface area contributed by atoms with E-state index in [1.54, 1.807) is 0 Å². The van der Waals surface area contributed by atoms with Gasteiger partial charge in [0.25, 0.3) is 0 Å². The molecule has 0 aromatic rings. The van der Waals surface area contributed by atoms with Crippen LogP contribution < -0.4 is 0 Å². The van der Waals surface area contributed by atoms with E-state index >= 15 is 0 Å². The summed E-state index contributed by atoms with van der Waals surface area (Å²) in [5, 5.41) is 31.6. The van der Waals surface area contributed by atoms with Gasteiger partial charge in [-0.25, -0.2) is 4.79 Å². The van der Waals surface area contributed by atoms with E-state index in [0.29, 0.717) is 19.3 Å². The molecular weight excluding hydrogens is 1020 g/mol. The van der Waals surface area contributed by atoms with Crippen molar-refractivity contribution in [3.05, 3.63) is 48.6 Å². The number of unbranched alkanes of at least 4 members (excludes halogenated alkanes) is 36. The van der Waals surface area contributed by atoms with E-state index in [0.717, 1.165) is 109 Å². The Bertz CT molecular complexity index is 1590. The van der Waals surface area contributed by atoms with E-state index in [9.17, 15) is 34.5 Å². The maximum absolute atomic E-state index is 13.2. The third-order valence-electron chi connectivity index (χ3n) is 15.4. The Balaban J connectivity index is 2.65. The first-order valence-electron chi connectivity index (χ1n) is 33.6. The lowest BCUT2D eigenvalue weighted by atomic mass is 9.98. The fourth-order valence-corrected chi connectivity index (χ4v) is 10.2. The normalized spacial score (nSPS) is 18.0. The molecule has 6 unspecified atom stereocenters. The van der Waals surface area contributed by atoms with Crippen molar-refractivity contribution in [1.29, 1.82) is 0 Å². The number of rotatable bonds is 58. The van der Waals surface area contributed by atoms with Gasteiger partial charge in [-0.15, -0.1) is 0 Å². The Kier molecular flexibility index (Phi) is 53.4. The lowest BCUT2D eigenvalue weighted by molar-refractivity contribution is -0.301. The predicted molar refractivity (Wildman–Crippen MR) is 331 cm³/mol. The highest BCUT2D eigenvalue weighted by Gasteiger charge is 2.50. The molecule has 0 spiro atoms. The van der Waals surface area contributed by atoms with Crippen molar-refractivity contribution in [2.24, 2.45) is 0 Å². The first-order chi connectivity index (χ1) is 39.6. The first-order valence-corrected chi connectivity index (χ1v) is 33.6. The number of carbonyl (C=O) groups is 4. The van der Waals surface area contributed by atoms with Crippen LogP contribution in [-0.4, -0.2) is 89.2 Å². The van der Waals surface area contributed by atoms with Crippen LogP contribution in [0.15, 0.2) is 48.6 Å². The number of aliphatic hydroxyl groups excluding tert-OH is 2. The zero-order valence-electron chi connectivity index (χ0n) is 52.0. The van der Waals surface area contributed by atoms with Crippen LogP contribution in [0.2, 0.25) is 0 Å². The lowest BCUT2D eigenvalue weighted by Gasteiger charge is -2.40. The van der Waals surface area contributed by atoms with Gasteiger partial charge in [-0.2, -0.15) is 0 Å². The summed E-state index contributed by atoms with van der Waals surface area (Å²) >= 11 is 0. The van der Waals surface area contributed by atoms with Crippen molar-refractivity contribution in [2.75, 3.05) is 13.2 Å². The topological polar surface area (TPSA) is 175 Å².